The van der Waals surface area contributed by atoms with Crippen LogP contribution in [0, 0.1) is 0 Å². The summed E-state index contributed by atoms with van der Waals surface area (Å²) in [4.78, 5) is 11.0. The maximum absolute atomic E-state index is 11.0. The smallest absolute Gasteiger partial charge is 0.309 e. The van der Waals surface area contributed by atoms with Crippen LogP contribution in [-0.2, 0) is 9.53 Å². The number of allylic oxidation sites excluding steroid dienone is 3. The van der Waals surface area contributed by atoms with Gasteiger partial charge in [0.2, 0.25) is 0 Å². The second kappa shape index (κ2) is 4.75. The third-order valence-corrected chi connectivity index (χ3v) is 1.78. The van der Waals surface area contributed by atoms with Crippen LogP contribution in [0.3, 0.4) is 0 Å². The highest BCUT2D eigenvalue weighted by Gasteiger charge is 2.06. The zero-order chi connectivity index (χ0) is 8.81. The first kappa shape index (κ1) is 9.04. The van der Waals surface area contributed by atoms with Crippen molar-refractivity contribution in [2.24, 2.45) is 0 Å². The van der Waals surface area contributed by atoms with Crippen LogP contribution in [-0.4, -0.2) is 12.6 Å². The van der Waals surface area contributed by atoms with E-state index in [4.69, 9.17) is 4.74 Å². The SMILES string of the molecule is CCOC(=O)CC1=CC=CCC1. The molecule has 2 heteroatoms. The summed E-state index contributed by atoms with van der Waals surface area (Å²) in [5.74, 6) is -0.112. The molecule has 0 saturated heterocycles. The number of hydrogen-bond donors (Lipinski definition) is 0. The average molecular weight is 166 g/mol. The first-order valence-corrected chi connectivity index (χ1v) is 4.33. The summed E-state index contributed by atoms with van der Waals surface area (Å²) in [7, 11) is 0. The number of ether oxygens (including phenoxy) is 1. The van der Waals surface area contributed by atoms with Gasteiger partial charge in [0.15, 0.2) is 0 Å². The quantitative estimate of drug-likeness (QED) is 0.601. The van der Waals surface area contributed by atoms with Crippen LogP contribution >= 0.6 is 0 Å². The molecule has 1 rings (SSSR count). The highest BCUT2D eigenvalue weighted by molar-refractivity contribution is 5.72. The number of carbonyl (C=O) groups is 1. The van der Waals surface area contributed by atoms with Gasteiger partial charge in [-0.05, 0) is 19.8 Å². The topological polar surface area (TPSA) is 26.3 Å². The molecule has 1 aliphatic carbocycles. The van der Waals surface area contributed by atoms with Crippen molar-refractivity contribution in [1.29, 1.82) is 0 Å². The van der Waals surface area contributed by atoms with Gasteiger partial charge in [0.1, 0.15) is 0 Å². The zero-order valence-corrected chi connectivity index (χ0v) is 7.38. The predicted octanol–water partition coefficient (Wildman–Crippen LogP) is 2.22. The third-order valence-electron chi connectivity index (χ3n) is 1.78. The molecule has 2 nitrogen and oxygen atoms in total. The molecule has 0 atom stereocenters. The fourth-order valence-corrected chi connectivity index (χ4v) is 1.20. The molecule has 1 aliphatic rings. The normalized spacial score (nSPS) is 15.6. The van der Waals surface area contributed by atoms with Crippen LogP contribution in [0.2, 0.25) is 0 Å². The van der Waals surface area contributed by atoms with Crippen molar-refractivity contribution in [2.75, 3.05) is 6.61 Å². The van der Waals surface area contributed by atoms with E-state index in [1.807, 2.05) is 19.1 Å². The van der Waals surface area contributed by atoms with Crippen LogP contribution in [0.5, 0.6) is 0 Å². The molecule has 0 aromatic rings. The van der Waals surface area contributed by atoms with Crippen LogP contribution < -0.4 is 0 Å². The van der Waals surface area contributed by atoms with E-state index in [1.54, 1.807) is 0 Å². The molecule has 0 aromatic heterocycles. The minimum Gasteiger partial charge on any atom is -0.466 e. The maximum atomic E-state index is 11.0. The van der Waals surface area contributed by atoms with E-state index in [1.165, 1.54) is 5.57 Å². The van der Waals surface area contributed by atoms with Gasteiger partial charge in [-0.3, -0.25) is 4.79 Å². The molecule has 0 bridgehead atoms. The Labute approximate surface area is 72.9 Å². The van der Waals surface area contributed by atoms with E-state index in [0.717, 1.165) is 12.8 Å². The number of esters is 1. The molecule has 0 N–H and O–H groups in total. The van der Waals surface area contributed by atoms with Gasteiger partial charge in [0, 0.05) is 0 Å². The Balaban J connectivity index is 2.34. The lowest BCUT2D eigenvalue weighted by molar-refractivity contribution is -0.142. The van der Waals surface area contributed by atoms with Crippen molar-refractivity contribution >= 4 is 5.97 Å². The fraction of sp³-hybridized carbons (Fsp3) is 0.500. The van der Waals surface area contributed by atoms with Gasteiger partial charge in [-0.2, -0.15) is 0 Å². The Bertz CT molecular complexity index is 214. The number of rotatable bonds is 3. The van der Waals surface area contributed by atoms with Crippen molar-refractivity contribution in [3.8, 4) is 0 Å². The minimum absolute atomic E-state index is 0.112. The van der Waals surface area contributed by atoms with Gasteiger partial charge >= 0.3 is 5.97 Å². The highest BCUT2D eigenvalue weighted by atomic mass is 16.5. The maximum Gasteiger partial charge on any atom is 0.309 e. The van der Waals surface area contributed by atoms with Crippen LogP contribution in [0.4, 0.5) is 0 Å². The average Bonchev–Trinajstić information content (AvgIpc) is 2.06. The van der Waals surface area contributed by atoms with Crippen molar-refractivity contribution in [3.05, 3.63) is 23.8 Å². The van der Waals surface area contributed by atoms with Crippen molar-refractivity contribution in [1.82, 2.24) is 0 Å². The Hall–Kier alpha value is -1.05. The van der Waals surface area contributed by atoms with E-state index in [9.17, 15) is 4.79 Å². The Kier molecular flexibility index (Phi) is 3.58. The van der Waals surface area contributed by atoms with Crippen LogP contribution in [0.15, 0.2) is 23.8 Å². The summed E-state index contributed by atoms with van der Waals surface area (Å²) in [5, 5.41) is 0. The summed E-state index contributed by atoms with van der Waals surface area (Å²) in [6.07, 6.45) is 8.60. The predicted molar refractivity (Wildman–Crippen MR) is 47.7 cm³/mol. The Morgan fingerprint density at radius 3 is 3.08 bits per heavy atom. The minimum atomic E-state index is -0.112. The Morgan fingerprint density at radius 1 is 1.67 bits per heavy atom. The van der Waals surface area contributed by atoms with Gasteiger partial charge in [-0.1, -0.05) is 23.8 Å². The molecular weight excluding hydrogens is 152 g/mol. The van der Waals surface area contributed by atoms with Gasteiger partial charge in [-0.25, -0.2) is 0 Å². The van der Waals surface area contributed by atoms with Crippen LogP contribution in [0.25, 0.3) is 0 Å². The summed E-state index contributed by atoms with van der Waals surface area (Å²) >= 11 is 0. The summed E-state index contributed by atoms with van der Waals surface area (Å²) in [6.45, 7) is 2.30. The molecule has 66 valence electrons. The van der Waals surface area contributed by atoms with E-state index in [2.05, 4.69) is 6.08 Å². The van der Waals surface area contributed by atoms with E-state index in [0.29, 0.717) is 13.0 Å². The molecule has 0 heterocycles. The molecule has 0 aromatic carbocycles. The van der Waals surface area contributed by atoms with Gasteiger partial charge in [-0.15, -0.1) is 0 Å². The third kappa shape index (κ3) is 2.91. The lowest BCUT2D eigenvalue weighted by atomic mass is 10.0. The van der Waals surface area contributed by atoms with Crippen molar-refractivity contribution in [3.63, 3.8) is 0 Å². The Morgan fingerprint density at radius 2 is 2.50 bits per heavy atom. The first-order chi connectivity index (χ1) is 5.83. The molecule has 12 heavy (non-hydrogen) atoms. The van der Waals surface area contributed by atoms with Crippen molar-refractivity contribution < 1.29 is 9.53 Å². The second-order valence-corrected chi connectivity index (χ2v) is 2.77. The molecule has 0 aliphatic heterocycles. The molecule has 0 radical (unpaired) electrons. The standard InChI is InChI=1S/C10H14O2/c1-2-12-10(11)8-9-6-4-3-5-7-9/h3-4,6H,2,5,7-8H2,1H3. The summed E-state index contributed by atoms with van der Waals surface area (Å²) < 4.78 is 4.84. The van der Waals surface area contributed by atoms with Crippen LogP contribution in [0.1, 0.15) is 26.2 Å². The van der Waals surface area contributed by atoms with E-state index >= 15 is 0 Å². The second-order valence-electron chi connectivity index (χ2n) is 2.77. The molecule has 0 amide bonds. The zero-order valence-electron chi connectivity index (χ0n) is 7.38. The first-order valence-electron chi connectivity index (χ1n) is 4.33. The fourth-order valence-electron chi connectivity index (χ4n) is 1.20. The molecular formula is C10H14O2. The number of hydrogen-bond acceptors (Lipinski definition) is 2. The highest BCUT2D eigenvalue weighted by Crippen LogP contribution is 2.15. The number of carbonyl (C=O) groups excluding carboxylic acids is 1. The van der Waals surface area contributed by atoms with Crippen molar-refractivity contribution in [2.45, 2.75) is 26.2 Å². The van der Waals surface area contributed by atoms with E-state index in [-0.39, 0.29) is 5.97 Å². The summed E-state index contributed by atoms with van der Waals surface area (Å²) in [6, 6.07) is 0. The molecule has 0 unspecified atom stereocenters. The van der Waals surface area contributed by atoms with Gasteiger partial charge in [0.05, 0.1) is 13.0 Å². The largest absolute Gasteiger partial charge is 0.466 e. The molecule has 0 spiro atoms. The monoisotopic (exact) mass is 166 g/mol. The lowest BCUT2D eigenvalue weighted by Crippen LogP contribution is -2.05. The molecule has 0 fully saturated rings. The van der Waals surface area contributed by atoms with Gasteiger partial charge in [0.25, 0.3) is 0 Å². The lowest BCUT2D eigenvalue weighted by Gasteiger charge is -2.07. The molecule has 0 saturated carbocycles. The van der Waals surface area contributed by atoms with E-state index < -0.39 is 0 Å². The van der Waals surface area contributed by atoms with Gasteiger partial charge < -0.3 is 4.74 Å². The summed E-state index contributed by atoms with van der Waals surface area (Å²) in [5.41, 5.74) is 1.18.